The SMILES string of the molecule is CCCCCCO[C@@H]1[C@@H](N(C)C(=O)OC(C)(C)C)[C@H](OCc2ccccc2)C[C@@H]1OCc1ccccc1. The number of carbonyl (C=O) groups excluding carboxylic acids is 1. The first kappa shape index (κ1) is 29.2. The smallest absolute Gasteiger partial charge is 0.410 e. The lowest BCUT2D eigenvalue weighted by Crippen LogP contribution is -2.51. The van der Waals surface area contributed by atoms with Gasteiger partial charge in [0, 0.05) is 20.1 Å². The minimum absolute atomic E-state index is 0.206. The van der Waals surface area contributed by atoms with Crippen LogP contribution < -0.4 is 0 Å². The first-order chi connectivity index (χ1) is 17.8. The Kier molecular flexibility index (Phi) is 11.4. The predicted octanol–water partition coefficient (Wildman–Crippen LogP) is 6.76. The van der Waals surface area contributed by atoms with E-state index < -0.39 is 5.60 Å². The minimum Gasteiger partial charge on any atom is -0.444 e. The van der Waals surface area contributed by atoms with E-state index in [1.807, 2.05) is 69.3 Å². The van der Waals surface area contributed by atoms with Gasteiger partial charge in [0.1, 0.15) is 11.7 Å². The molecule has 0 unspecified atom stereocenters. The Morgan fingerprint density at radius 1 is 0.838 bits per heavy atom. The van der Waals surface area contributed by atoms with E-state index in [9.17, 15) is 4.79 Å². The minimum atomic E-state index is -0.593. The second-order valence-electron chi connectivity index (χ2n) is 10.9. The quantitative estimate of drug-likeness (QED) is 0.278. The monoisotopic (exact) mass is 511 g/mol. The number of amides is 1. The number of rotatable bonds is 13. The fourth-order valence-corrected chi connectivity index (χ4v) is 4.70. The van der Waals surface area contributed by atoms with Gasteiger partial charge in [0.15, 0.2) is 0 Å². The first-order valence-corrected chi connectivity index (χ1v) is 13.7. The molecule has 0 spiro atoms. The summed E-state index contributed by atoms with van der Waals surface area (Å²) in [5.74, 6) is 0. The van der Waals surface area contributed by atoms with Gasteiger partial charge in [-0.3, -0.25) is 0 Å². The molecule has 0 saturated heterocycles. The predicted molar refractivity (Wildman–Crippen MR) is 146 cm³/mol. The van der Waals surface area contributed by atoms with Gasteiger partial charge in [-0.15, -0.1) is 0 Å². The zero-order valence-corrected chi connectivity index (χ0v) is 23.2. The number of carbonyl (C=O) groups is 1. The number of nitrogens with zero attached hydrogens (tertiary/aromatic N) is 1. The Balaban J connectivity index is 1.80. The van der Waals surface area contributed by atoms with Crippen molar-refractivity contribution in [2.45, 2.75) is 103 Å². The summed E-state index contributed by atoms with van der Waals surface area (Å²) in [6.45, 7) is 9.40. The normalized spacial score (nSPS) is 21.6. The van der Waals surface area contributed by atoms with E-state index in [4.69, 9.17) is 18.9 Å². The van der Waals surface area contributed by atoms with Gasteiger partial charge >= 0.3 is 6.09 Å². The highest BCUT2D eigenvalue weighted by Gasteiger charge is 2.49. The molecular formula is C31H45NO5. The number of hydrogen-bond acceptors (Lipinski definition) is 5. The summed E-state index contributed by atoms with van der Waals surface area (Å²) in [5.41, 5.74) is 1.60. The highest BCUT2D eigenvalue weighted by Crippen LogP contribution is 2.34. The van der Waals surface area contributed by atoms with Crippen LogP contribution in [0.3, 0.4) is 0 Å². The van der Waals surface area contributed by atoms with Gasteiger partial charge in [0.25, 0.3) is 0 Å². The topological polar surface area (TPSA) is 57.2 Å². The third-order valence-corrected chi connectivity index (χ3v) is 6.60. The molecule has 1 saturated carbocycles. The van der Waals surface area contributed by atoms with Crippen LogP contribution in [0.1, 0.15) is 70.9 Å². The van der Waals surface area contributed by atoms with Crippen molar-refractivity contribution in [1.82, 2.24) is 4.90 Å². The molecule has 4 atom stereocenters. The molecule has 2 aromatic carbocycles. The molecule has 2 aromatic rings. The van der Waals surface area contributed by atoms with Gasteiger partial charge in [0.05, 0.1) is 31.5 Å². The molecule has 0 N–H and O–H groups in total. The van der Waals surface area contributed by atoms with Gasteiger partial charge in [0.2, 0.25) is 0 Å². The van der Waals surface area contributed by atoms with Gasteiger partial charge < -0.3 is 23.8 Å². The van der Waals surface area contributed by atoms with Crippen LogP contribution in [0.25, 0.3) is 0 Å². The molecule has 1 aliphatic carbocycles. The zero-order chi connectivity index (χ0) is 26.7. The van der Waals surface area contributed by atoms with Gasteiger partial charge in [-0.05, 0) is 38.3 Å². The van der Waals surface area contributed by atoms with E-state index in [0.29, 0.717) is 26.2 Å². The van der Waals surface area contributed by atoms with E-state index in [1.54, 1.807) is 11.9 Å². The lowest BCUT2D eigenvalue weighted by molar-refractivity contribution is -0.0903. The van der Waals surface area contributed by atoms with Gasteiger partial charge in [-0.1, -0.05) is 86.8 Å². The van der Waals surface area contributed by atoms with Crippen molar-refractivity contribution >= 4 is 6.09 Å². The van der Waals surface area contributed by atoms with E-state index in [-0.39, 0.29) is 30.4 Å². The maximum atomic E-state index is 13.2. The fourth-order valence-electron chi connectivity index (χ4n) is 4.70. The first-order valence-electron chi connectivity index (χ1n) is 13.7. The van der Waals surface area contributed by atoms with Crippen LogP contribution in [0.15, 0.2) is 60.7 Å². The number of unbranched alkanes of at least 4 members (excludes halogenated alkanes) is 3. The molecule has 3 rings (SSSR count). The molecule has 0 heterocycles. The highest BCUT2D eigenvalue weighted by molar-refractivity contribution is 5.68. The van der Waals surface area contributed by atoms with E-state index >= 15 is 0 Å². The molecule has 204 valence electrons. The Morgan fingerprint density at radius 2 is 1.41 bits per heavy atom. The fraction of sp³-hybridized carbons (Fsp3) is 0.581. The maximum absolute atomic E-state index is 13.2. The molecule has 6 nitrogen and oxygen atoms in total. The molecule has 0 aromatic heterocycles. The second-order valence-corrected chi connectivity index (χ2v) is 10.9. The number of likely N-dealkylation sites (N-methyl/N-ethyl adjacent to an activating group) is 1. The van der Waals surface area contributed by atoms with Crippen molar-refractivity contribution in [3.8, 4) is 0 Å². The average molecular weight is 512 g/mol. The standard InChI is InChI=1S/C31H45NO5/c1-6-7-8-15-20-34-29-27(36-23-25-18-13-10-14-19-25)21-26(35-22-24-16-11-9-12-17-24)28(29)32(5)30(33)37-31(2,3)4/h9-14,16-19,26-29H,6-8,15,20-23H2,1-5H3/t26-,27+,28+,29+/m1/s1. The zero-order valence-electron chi connectivity index (χ0n) is 23.2. The largest absolute Gasteiger partial charge is 0.444 e. The maximum Gasteiger partial charge on any atom is 0.410 e. The van der Waals surface area contributed by atoms with Crippen LogP contribution in [0, 0.1) is 0 Å². The van der Waals surface area contributed by atoms with E-state index in [1.165, 1.54) is 12.8 Å². The van der Waals surface area contributed by atoms with Crippen molar-refractivity contribution in [3.63, 3.8) is 0 Å². The lowest BCUT2D eigenvalue weighted by Gasteiger charge is -2.35. The summed E-state index contributed by atoms with van der Waals surface area (Å²) in [6, 6.07) is 19.9. The molecule has 1 amide bonds. The third-order valence-electron chi connectivity index (χ3n) is 6.60. The van der Waals surface area contributed by atoms with Crippen LogP contribution in [0.5, 0.6) is 0 Å². The molecular weight excluding hydrogens is 466 g/mol. The van der Waals surface area contributed by atoms with Crippen LogP contribution in [0.4, 0.5) is 4.79 Å². The Morgan fingerprint density at radius 3 is 1.95 bits per heavy atom. The van der Waals surface area contributed by atoms with Crippen molar-refractivity contribution in [1.29, 1.82) is 0 Å². The highest BCUT2D eigenvalue weighted by atomic mass is 16.6. The van der Waals surface area contributed by atoms with Crippen molar-refractivity contribution in [3.05, 3.63) is 71.8 Å². The van der Waals surface area contributed by atoms with Crippen molar-refractivity contribution in [2.75, 3.05) is 13.7 Å². The second kappa shape index (κ2) is 14.5. The van der Waals surface area contributed by atoms with Crippen LogP contribution in [-0.2, 0) is 32.2 Å². The molecule has 37 heavy (non-hydrogen) atoms. The summed E-state index contributed by atoms with van der Waals surface area (Å²) in [6.07, 6.45) is 3.95. The van der Waals surface area contributed by atoms with Crippen molar-refractivity contribution in [2.24, 2.45) is 0 Å². The summed E-state index contributed by atoms with van der Waals surface area (Å²) < 4.78 is 25.1. The summed E-state index contributed by atoms with van der Waals surface area (Å²) in [7, 11) is 1.78. The summed E-state index contributed by atoms with van der Waals surface area (Å²) in [5, 5.41) is 0. The molecule has 6 heteroatoms. The lowest BCUT2D eigenvalue weighted by atomic mass is 10.1. The molecule has 1 fully saturated rings. The Hall–Kier alpha value is -2.41. The molecule has 0 aliphatic heterocycles. The van der Waals surface area contributed by atoms with Gasteiger partial charge in [-0.25, -0.2) is 4.79 Å². The molecule has 0 radical (unpaired) electrons. The van der Waals surface area contributed by atoms with Gasteiger partial charge in [-0.2, -0.15) is 0 Å². The summed E-state index contributed by atoms with van der Waals surface area (Å²) in [4.78, 5) is 14.8. The molecule has 1 aliphatic rings. The summed E-state index contributed by atoms with van der Waals surface area (Å²) >= 11 is 0. The number of ether oxygens (including phenoxy) is 4. The third kappa shape index (κ3) is 9.44. The van der Waals surface area contributed by atoms with E-state index in [2.05, 4.69) is 19.1 Å². The van der Waals surface area contributed by atoms with Crippen LogP contribution in [-0.4, -0.2) is 54.6 Å². The number of benzene rings is 2. The Bertz CT molecular complexity index is 914. The van der Waals surface area contributed by atoms with Crippen LogP contribution in [0.2, 0.25) is 0 Å². The van der Waals surface area contributed by atoms with Crippen LogP contribution >= 0.6 is 0 Å². The molecule has 0 bridgehead atoms. The number of hydrogen-bond donors (Lipinski definition) is 0. The van der Waals surface area contributed by atoms with E-state index in [0.717, 1.165) is 24.0 Å². The Labute approximate surface area is 223 Å². The van der Waals surface area contributed by atoms with Crippen molar-refractivity contribution < 1.29 is 23.7 Å². The average Bonchev–Trinajstić information content (AvgIpc) is 3.23.